The average Bonchev–Trinajstić information content (AvgIpc) is 3.32. The van der Waals surface area contributed by atoms with E-state index in [0.29, 0.717) is 30.4 Å². The third-order valence-corrected chi connectivity index (χ3v) is 6.52. The van der Waals surface area contributed by atoms with Crippen LogP contribution >= 0.6 is 12.2 Å². The van der Waals surface area contributed by atoms with Gasteiger partial charge in [-0.3, -0.25) is 4.79 Å². The molecular weight excluding hydrogens is 436 g/mol. The summed E-state index contributed by atoms with van der Waals surface area (Å²) in [5, 5.41) is 5.03. The highest BCUT2D eigenvalue weighted by atomic mass is 32.1. The van der Waals surface area contributed by atoms with E-state index in [-0.39, 0.29) is 11.7 Å². The minimum absolute atomic E-state index is 0.0895. The molecule has 1 aromatic carbocycles. The van der Waals surface area contributed by atoms with Gasteiger partial charge in [0.15, 0.2) is 5.11 Å². The molecule has 0 radical (unpaired) electrons. The molecule has 2 N–H and O–H groups in total. The molecule has 33 heavy (non-hydrogen) atoms. The van der Waals surface area contributed by atoms with E-state index < -0.39 is 0 Å². The zero-order chi connectivity index (χ0) is 23.6. The summed E-state index contributed by atoms with van der Waals surface area (Å²) in [6, 6.07) is 7.68. The molecule has 3 rings (SSSR count). The van der Waals surface area contributed by atoms with Crippen molar-refractivity contribution in [3.05, 3.63) is 40.2 Å². The van der Waals surface area contributed by atoms with E-state index in [0.717, 1.165) is 68.7 Å². The van der Waals surface area contributed by atoms with E-state index in [1.54, 1.807) is 0 Å². The molecular formula is C25H38N4O3S. The lowest BCUT2D eigenvalue weighted by Crippen LogP contribution is -2.44. The van der Waals surface area contributed by atoms with Crippen molar-refractivity contribution >= 4 is 28.2 Å². The lowest BCUT2D eigenvalue weighted by atomic mass is 10.1. The maximum atomic E-state index is 12.8. The lowest BCUT2D eigenvalue weighted by molar-refractivity contribution is 0.0896. The Kier molecular flexibility index (Phi) is 9.96. The monoisotopic (exact) mass is 474 g/mol. The minimum atomic E-state index is -0.0895. The van der Waals surface area contributed by atoms with Crippen LogP contribution in [0, 0.1) is 0 Å². The predicted molar refractivity (Wildman–Crippen MR) is 138 cm³/mol. The number of hydrogen-bond acceptors (Lipinski definition) is 5. The summed E-state index contributed by atoms with van der Waals surface area (Å²) in [5.41, 5.74) is 1.39. The molecule has 1 aliphatic heterocycles. The number of thiocarbonyl (C=S) groups is 1. The first-order chi connectivity index (χ1) is 16.0. The number of nitrogens with zero attached hydrogens (tertiary/aromatic N) is 2. The van der Waals surface area contributed by atoms with E-state index in [9.17, 15) is 4.79 Å². The Hall–Kier alpha value is -2.16. The predicted octanol–water partition coefficient (Wildman–Crippen LogP) is 3.51. The fourth-order valence-electron chi connectivity index (χ4n) is 4.21. The Labute approximate surface area is 202 Å². The minimum Gasteiger partial charge on any atom is -0.494 e. The van der Waals surface area contributed by atoms with Gasteiger partial charge in [-0.15, -0.1) is 0 Å². The molecule has 0 aliphatic carbocycles. The van der Waals surface area contributed by atoms with E-state index in [2.05, 4.69) is 33.9 Å². The number of hydrogen-bond donors (Lipinski definition) is 2. The van der Waals surface area contributed by atoms with Crippen LogP contribution in [0.2, 0.25) is 0 Å². The number of benzene rings is 1. The number of rotatable bonds is 12. The quantitative estimate of drug-likeness (QED) is 0.360. The second-order valence-corrected chi connectivity index (χ2v) is 8.82. The first-order valence-corrected chi connectivity index (χ1v) is 12.6. The summed E-state index contributed by atoms with van der Waals surface area (Å²) >= 11 is 5.75. The highest BCUT2D eigenvalue weighted by Crippen LogP contribution is 2.20. The largest absolute Gasteiger partial charge is 0.494 e. The van der Waals surface area contributed by atoms with Gasteiger partial charge >= 0.3 is 0 Å². The van der Waals surface area contributed by atoms with Crippen molar-refractivity contribution in [2.45, 2.75) is 52.7 Å². The molecule has 1 fully saturated rings. The maximum Gasteiger partial charge on any atom is 0.253 e. The number of aromatic nitrogens is 1. The van der Waals surface area contributed by atoms with Crippen molar-refractivity contribution in [2.75, 3.05) is 45.9 Å². The molecule has 0 spiro atoms. The maximum absolute atomic E-state index is 12.8. The van der Waals surface area contributed by atoms with Crippen LogP contribution in [0.5, 0.6) is 5.75 Å². The van der Waals surface area contributed by atoms with Gasteiger partial charge in [0.2, 0.25) is 0 Å². The van der Waals surface area contributed by atoms with Gasteiger partial charge in [0.25, 0.3) is 5.56 Å². The van der Waals surface area contributed by atoms with Crippen molar-refractivity contribution in [2.24, 2.45) is 0 Å². The Morgan fingerprint density at radius 3 is 2.79 bits per heavy atom. The van der Waals surface area contributed by atoms with Crippen molar-refractivity contribution in [1.29, 1.82) is 0 Å². The van der Waals surface area contributed by atoms with Gasteiger partial charge in [0, 0.05) is 36.2 Å². The van der Waals surface area contributed by atoms with Crippen molar-refractivity contribution in [3.63, 3.8) is 0 Å². The van der Waals surface area contributed by atoms with E-state index in [1.165, 1.54) is 0 Å². The molecule has 1 atom stereocenters. The first-order valence-electron chi connectivity index (χ1n) is 12.2. The number of aromatic amines is 1. The third kappa shape index (κ3) is 7.42. The van der Waals surface area contributed by atoms with Crippen LogP contribution in [0.15, 0.2) is 29.1 Å². The molecule has 182 valence electrons. The summed E-state index contributed by atoms with van der Waals surface area (Å²) in [6.07, 6.45) is 3.25. The normalized spacial score (nSPS) is 15.8. The van der Waals surface area contributed by atoms with Gasteiger partial charge in [-0.05, 0) is 82.3 Å². The van der Waals surface area contributed by atoms with Crippen LogP contribution in [0.3, 0.4) is 0 Å². The average molecular weight is 475 g/mol. The van der Waals surface area contributed by atoms with Crippen LogP contribution in [0.25, 0.3) is 10.9 Å². The zero-order valence-corrected chi connectivity index (χ0v) is 21.0. The molecule has 1 unspecified atom stereocenters. The second-order valence-electron chi connectivity index (χ2n) is 8.43. The molecule has 1 saturated heterocycles. The van der Waals surface area contributed by atoms with Crippen LogP contribution in [-0.2, 0) is 11.3 Å². The van der Waals surface area contributed by atoms with Crippen LogP contribution in [-0.4, -0.2) is 71.9 Å². The van der Waals surface area contributed by atoms with E-state index in [4.69, 9.17) is 21.7 Å². The van der Waals surface area contributed by atoms with Crippen molar-refractivity contribution in [3.8, 4) is 5.75 Å². The standard InChI is InChI=1S/C25H38N4O3S/c1-4-28(5-2)13-8-12-26-25(33)29(18-22-9-7-14-32-22)17-20-15-19-16-21(31-6-3)10-11-23(19)27-24(20)30/h10-11,15-16,22H,4-9,12-14,17-18H2,1-3H3,(H,26,33)(H,27,30). The highest BCUT2D eigenvalue weighted by molar-refractivity contribution is 7.80. The molecule has 0 saturated carbocycles. The summed E-state index contributed by atoms with van der Waals surface area (Å²) in [6.45, 7) is 12.8. The fraction of sp³-hybridized carbons (Fsp3) is 0.600. The Bertz CT molecular complexity index is 954. The second kappa shape index (κ2) is 12.9. The smallest absolute Gasteiger partial charge is 0.253 e. The molecule has 8 heteroatoms. The summed E-state index contributed by atoms with van der Waals surface area (Å²) in [4.78, 5) is 20.3. The number of fused-ring (bicyclic) bond motifs is 1. The van der Waals surface area contributed by atoms with Gasteiger partial charge in [-0.2, -0.15) is 0 Å². The van der Waals surface area contributed by atoms with Crippen LogP contribution in [0.4, 0.5) is 0 Å². The number of pyridine rings is 1. The summed E-state index contributed by atoms with van der Waals surface area (Å²) < 4.78 is 11.5. The Morgan fingerprint density at radius 1 is 1.27 bits per heavy atom. The summed E-state index contributed by atoms with van der Waals surface area (Å²) in [5.74, 6) is 0.796. The molecule has 2 aromatic rings. The lowest BCUT2D eigenvalue weighted by Gasteiger charge is -2.28. The topological polar surface area (TPSA) is 69.8 Å². The molecule has 7 nitrogen and oxygen atoms in total. The highest BCUT2D eigenvalue weighted by Gasteiger charge is 2.22. The van der Waals surface area contributed by atoms with E-state index >= 15 is 0 Å². The molecule has 0 bridgehead atoms. The van der Waals surface area contributed by atoms with Gasteiger partial charge in [-0.1, -0.05) is 13.8 Å². The summed E-state index contributed by atoms with van der Waals surface area (Å²) in [7, 11) is 0. The van der Waals surface area contributed by atoms with Gasteiger partial charge in [0.1, 0.15) is 5.75 Å². The van der Waals surface area contributed by atoms with Gasteiger partial charge in [-0.25, -0.2) is 0 Å². The van der Waals surface area contributed by atoms with Crippen LogP contribution < -0.4 is 15.6 Å². The Balaban J connectivity index is 1.72. The number of ether oxygens (including phenoxy) is 2. The number of H-pyrrole nitrogens is 1. The SMILES string of the molecule is CCOc1ccc2[nH]c(=O)c(CN(CC3CCCO3)C(=S)NCCCN(CC)CC)cc2c1. The van der Waals surface area contributed by atoms with Crippen molar-refractivity contribution in [1.82, 2.24) is 20.1 Å². The molecule has 0 amide bonds. The first kappa shape index (κ1) is 25.5. The zero-order valence-electron chi connectivity index (χ0n) is 20.2. The molecule has 1 aliphatic rings. The van der Waals surface area contributed by atoms with Gasteiger partial charge in [0.05, 0.1) is 19.3 Å². The van der Waals surface area contributed by atoms with Crippen LogP contribution in [0.1, 0.15) is 45.6 Å². The molecule has 2 heterocycles. The third-order valence-electron chi connectivity index (χ3n) is 6.12. The van der Waals surface area contributed by atoms with E-state index in [1.807, 2.05) is 31.2 Å². The molecule has 1 aromatic heterocycles. The Morgan fingerprint density at radius 2 is 2.09 bits per heavy atom. The fourth-order valence-corrected chi connectivity index (χ4v) is 4.45. The van der Waals surface area contributed by atoms with Gasteiger partial charge < -0.3 is 29.6 Å². The number of nitrogens with one attached hydrogen (secondary N) is 2. The van der Waals surface area contributed by atoms with Crippen molar-refractivity contribution < 1.29 is 9.47 Å².